The number of fused-ring (bicyclic) bond motifs is 1. The number of aromatic nitrogens is 1. The molecule has 1 unspecified atom stereocenters. The van der Waals surface area contributed by atoms with Crippen LogP contribution >= 0.6 is 0 Å². The summed E-state index contributed by atoms with van der Waals surface area (Å²) in [6, 6.07) is 8.64. The Kier molecular flexibility index (Phi) is 2.89. The fourth-order valence-corrected chi connectivity index (χ4v) is 3.12. The predicted octanol–water partition coefficient (Wildman–Crippen LogP) is 3.75. The Morgan fingerprint density at radius 2 is 1.88 bits per heavy atom. The van der Waals surface area contributed by atoms with Gasteiger partial charge in [0, 0.05) is 23.1 Å². The van der Waals surface area contributed by atoms with E-state index in [2.05, 4.69) is 35.4 Å². The van der Waals surface area contributed by atoms with Gasteiger partial charge in [-0.25, -0.2) is 0 Å². The third-order valence-electron chi connectivity index (χ3n) is 4.14. The molecule has 3 N–H and O–H groups in total. The quantitative estimate of drug-likeness (QED) is 0.807. The Bertz CT molecular complexity index is 494. The zero-order valence-corrected chi connectivity index (χ0v) is 10.2. The second-order valence-electron chi connectivity index (χ2n) is 5.21. The molecule has 0 aliphatic heterocycles. The Morgan fingerprint density at radius 1 is 1.12 bits per heavy atom. The average molecular weight is 228 g/mol. The van der Waals surface area contributed by atoms with Gasteiger partial charge in [0.05, 0.1) is 0 Å². The lowest BCUT2D eigenvalue weighted by molar-refractivity contribution is 0.309. The molecule has 1 aromatic carbocycles. The van der Waals surface area contributed by atoms with Crippen molar-refractivity contribution in [2.45, 2.75) is 38.1 Å². The molecule has 3 rings (SSSR count). The van der Waals surface area contributed by atoms with E-state index in [0.717, 1.165) is 0 Å². The van der Waals surface area contributed by atoms with Gasteiger partial charge in [-0.05, 0) is 30.4 Å². The molecule has 17 heavy (non-hydrogen) atoms. The molecule has 0 spiro atoms. The number of rotatable bonds is 2. The summed E-state index contributed by atoms with van der Waals surface area (Å²) in [5.41, 5.74) is 8.96. The van der Waals surface area contributed by atoms with Gasteiger partial charge in [-0.3, -0.25) is 0 Å². The minimum absolute atomic E-state index is 0.200. The predicted molar refractivity (Wildman–Crippen MR) is 71.8 cm³/mol. The van der Waals surface area contributed by atoms with Gasteiger partial charge in [0.15, 0.2) is 0 Å². The maximum Gasteiger partial charge on any atom is 0.0457 e. The van der Waals surface area contributed by atoms with Crippen molar-refractivity contribution in [2.75, 3.05) is 0 Å². The van der Waals surface area contributed by atoms with Crippen LogP contribution in [0.4, 0.5) is 0 Å². The Hall–Kier alpha value is -1.28. The molecule has 0 saturated heterocycles. The lowest BCUT2D eigenvalue weighted by atomic mass is 9.81. The fourth-order valence-electron chi connectivity index (χ4n) is 3.12. The number of hydrogen-bond donors (Lipinski definition) is 2. The van der Waals surface area contributed by atoms with Crippen LogP contribution in [0.15, 0.2) is 30.5 Å². The summed E-state index contributed by atoms with van der Waals surface area (Å²) in [5.74, 6) is 0.669. The molecule has 0 bridgehead atoms. The SMILES string of the molecule is NC(c1c[nH]c2ccccc12)C1CCCCC1. The second-order valence-corrected chi connectivity index (χ2v) is 5.21. The van der Waals surface area contributed by atoms with E-state index in [1.54, 1.807) is 0 Å². The zero-order chi connectivity index (χ0) is 11.7. The van der Waals surface area contributed by atoms with Gasteiger partial charge >= 0.3 is 0 Å². The van der Waals surface area contributed by atoms with Crippen molar-refractivity contribution in [2.24, 2.45) is 11.7 Å². The lowest BCUT2D eigenvalue weighted by Crippen LogP contribution is -2.23. The van der Waals surface area contributed by atoms with Crippen LogP contribution in [0.1, 0.15) is 43.7 Å². The molecule has 1 aliphatic rings. The number of hydrogen-bond acceptors (Lipinski definition) is 1. The van der Waals surface area contributed by atoms with Gasteiger partial charge in [-0.15, -0.1) is 0 Å². The van der Waals surface area contributed by atoms with Crippen LogP contribution in [0.25, 0.3) is 10.9 Å². The zero-order valence-electron chi connectivity index (χ0n) is 10.2. The molecule has 2 nitrogen and oxygen atoms in total. The van der Waals surface area contributed by atoms with Crippen LogP contribution in [0, 0.1) is 5.92 Å². The third kappa shape index (κ3) is 1.98. The van der Waals surface area contributed by atoms with Gasteiger partial charge in [0.1, 0.15) is 0 Å². The third-order valence-corrected chi connectivity index (χ3v) is 4.14. The van der Waals surface area contributed by atoms with Crippen molar-refractivity contribution in [1.82, 2.24) is 4.98 Å². The lowest BCUT2D eigenvalue weighted by Gasteiger charge is -2.27. The largest absolute Gasteiger partial charge is 0.361 e. The topological polar surface area (TPSA) is 41.8 Å². The highest BCUT2D eigenvalue weighted by Gasteiger charge is 2.23. The number of benzene rings is 1. The molecule has 1 fully saturated rings. The summed E-state index contributed by atoms with van der Waals surface area (Å²) in [4.78, 5) is 3.33. The molecule has 90 valence electrons. The first-order valence-corrected chi connectivity index (χ1v) is 6.68. The molecule has 2 heteroatoms. The van der Waals surface area contributed by atoms with E-state index in [-0.39, 0.29) is 6.04 Å². The number of nitrogens with two attached hydrogens (primary N) is 1. The fraction of sp³-hybridized carbons (Fsp3) is 0.467. The summed E-state index contributed by atoms with van der Waals surface area (Å²) in [5, 5.41) is 1.30. The number of nitrogens with one attached hydrogen (secondary N) is 1. The highest BCUT2D eigenvalue weighted by Crippen LogP contribution is 2.35. The molecular weight excluding hydrogens is 208 g/mol. The van der Waals surface area contributed by atoms with Crippen LogP contribution in [0.3, 0.4) is 0 Å². The van der Waals surface area contributed by atoms with Crippen molar-refractivity contribution >= 4 is 10.9 Å². The maximum absolute atomic E-state index is 6.46. The molecule has 0 radical (unpaired) electrons. The smallest absolute Gasteiger partial charge is 0.0457 e. The van der Waals surface area contributed by atoms with Crippen molar-refractivity contribution < 1.29 is 0 Å². The van der Waals surface area contributed by atoms with Gasteiger partial charge in [-0.2, -0.15) is 0 Å². The van der Waals surface area contributed by atoms with E-state index in [4.69, 9.17) is 5.73 Å². The van der Waals surface area contributed by atoms with E-state index in [1.165, 1.54) is 48.6 Å². The first-order chi connectivity index (χ1) is 8.36. The molecule has 1 heterocycles. The van der Waals surface area contributed by atoms with Crippen LogP contribution in [-0.2, 0) is 0 Å². The highest BCUT2D eigenvalue weighted by atomic mass is 14.7. The van der Waals surface area contributed by atoms with E-state index in [0.29, 0.717) is 5.92 Å². The van der Waals surface area contributed by atoms with Gasteiger partial charge in [-0.1, -0.05) is 37.5 Å². The molecule has 1 aliphatic carbocycles. The molecule has 1 saturated carbocycles. The monoisotopic (exact) mass is 228 g/mol. The van der Waals surface area contributed by atoms with E-state index < -0.39 is 0 Å². The van der Waals surface area contributed by atoms with Crippen molar-refractivity contribution in [1.29, 1.82) is 0 Å². The normalized spacial score (nSPS) is 19.6. The molecular formula is C15H20N2. The van der Waals surface area contributed by atoms with Crippen LogP contribution in [0.2, 0.25) is 0 Å². The van der Waals surface area contributed by atoms with E-state index >= 15 is 0 Å². The Labute approximate surface area is 102 Å². The van der Waals surface area contributed by atoms with Crippen LogP contribution in [-0.4, -0.2) is 4.98 Å². The van der Waals surface area contributed by atoms with Crippen molar-refractivity contribution in [3.63, 3.8) is 0 Å². The summed E-state index contributed by atoms with van der Waals surface area (Å²) < 4.78 is 0. The van der Waals surface area contributed by atoms with Crippen molar-refractivity contribution in [3.05, 3.63) is 36.0 Å². The molecule has 1 aromatic heterocycles. The minimum Gasteiger partial charge on any atom is -0.361 e. The minimum atomic E-state index is 0.200. The average Bonchev–Trinajstić information content (AvgIpc) is 2.83. The number of aromatic amines is 1. The standard InChI is InChI=1S/C15H20N2/c16-15(11-6-2-1-3-7-11)13-10-17-14-9-5-4-8-12(13)14/h4-5,8-11,15,17H,1-3,6-7,16H2. The van der Waals surface area contributed by atoms with Gasteiger partial charge in [0.25, 0.3) is 0 Å². The molecule has 0 amide bonds. The number of H-pyrrole nitrogens is 1. The van der Waals surface area contributed by atoms with Crippen LogP contribution < -0.4 is 5.73 Å². The number of para-hydroxylation sites is 1. The van der Waals surface area contributed by atoms with Gasteiger partial charge in [0.2, 0.25) is 0 Å². The molecule has 1 atom stereocenters. The second kappa shape index (κ2) is 4.53. The highest BCUT2D eigenvalue weighted by molar-refractivity contribution is 5.83. The summed E-state index contributed by atoms with van der Waals surface area (Å²) in [6.07, 6.45) is 8.77. The summed E-state index contributed by atoms with van der Waals surface area (Å²) in [7, 11) is 0. The van der Waals surface area contributed by atoms with E-state index in [9.17, 15) is 0 Å². The van der Waals surface area contributed by atoms with Crippen LogP contribution in [0.5, 0.6) is 0 Å². The van der Waals surface area contributed by atoms with Crippen molar-refractivity contribution in [3.8, 4) is 0 Å². The Balaban J connectivity index is 1.92. The summed E-state index contributed by atoms with van der Waals surface area (Å²) in [6.45, 7) is 0. The van der Waals surface area contributed by atoms with Gasteiger partial charge < -0.3 is 10.7 Å². The molecule has 2 aromatic rings. The maximum atomic E-state index is 6.46. The summed E-state index contributed by atoms with van der Waals surface area (Å²) >= 11 is 0. The Morgan fingerprint density at radius 3 is 2.71 bits per heavy atom. The first kappa shape index (κ1) is 10.8. The first-order valence-electron chi connectivity index (χ1n) is 6.68. The van der Waals surface area contributed by atoms with E-state index in [1.807, 2.05) is 0 Å².